The molecule has 0 aliphatic carbocycles. The van der Waals surface area contributed by atoms with Crippen molar-refractivity contribution in [3.05, 3.63) is 78.4 Å². The Labute approximate surface area is 125 Å². The molecular formula is C19H18O2. The molecule has 0 amide bonds. The van der Waals surface area contributed by atoms with Crippen LogP contribution in [0.2, 0.25) is 0 Å². The van der Waals surface area contributed by atoms with E-state index in [1.165, 1.54) is 16.7 Å². The van der Waals surface area contributed by atoms with Gasteiger partial charge in [-0.1, -0.05) is 49.0 Å². The van der Waals surface area contributed by atoms with Crippen LogP contribution in [-0.2, 0) is 4.79 Å². The normalized spacial score (nSPS) is 11.5. The minimum atomic E-state index is -0.449. The van der Waals surface area contributed by atoms with Crippen LogP contribution in [0.25, 0.3) is 11.1 Å². The summed E-state index contributed by atoms with van der Waals surface area (Å²) in [5, 5.41) is 0. The van der Waals surface area contributed by atoms with Crippen molar-refractivity contribution in [2.75, 3.05) is 0 Å². The average Bonchev–Trinajstić information content (AvgIpc) is 2.55. The second-order valence-corrected chi connectivity index (χ2v) is 4.77. The van der Waals surface area contributed by atoms with Gasteiger partial charge in [-0.05, 0) is 48.3 Å². The van der Waals surface area contributed by atoms with E-state index in [0.29, 0.717) is 5.75 Å². The van der Waals surface area contributed by atoms with Crippen molar-refractivity contribution in [1.82, 2.24) is 0 Å². The van der Waals surface area contributed by atoms with Crippen LogP contribution < -0.4 is 4.74 Å². The van der Waals surface area contributed by atoms with Gasteiger partial charge < -0.3 is 4.74 Å². The SMILES string of the molecule is C=CC(=O)Oc1ccc(C(C)=C(C)c2ccccc2)cc1. The highest BCUT2D eigenvalue weighted by atomic mass is 16.5. The van der Waals surface area contributed by atoms with E-state index in [1.54, 1.807) is 12.1 Å². The van der Waals surface area contributed by atoms with Gasteiger partial charge in [0.2, 0.25) is 0 Å². The van der Waals surface area contributed by atoms with Crippen molar-refractivity contribution < 1.29 is 9.53 Å². The maximum absolute atomic E-state index is 11.1. The molecule has 0 aromatic heterocycles. The van der Waals surface area contributed by atoms with E-state index in [0.717, 1.165) is 11.6 Å². The summed E-state index contributed by atoms with van der Waals surface area (Å²) in [4.78, 5) is 11.1. The summed E-state index contributed by atoms with van der Waals surface area (Å²) in [6.45, 7) is 7.58. The number of benzene rings is 2. The van der Waals surface area contributed by atoms with Gasteiger partial charge in [0.25, 0.3) is 0 Å². The van der Waals surface area contributed by atoms with Gasteiger partial charge in [0.05, 0.1) is 0 Å². The molecule has 0 unspecified atom stereocenters. The summed E-state index contributed by atoms with van der Waals surface area (Å²) in [6, 6.07) is 17.7. The average molecular weight is 278 g/mol. The summed E-state index contributed by atoms with van der Waals surface area (Å²) in [5.41, 5.74) is 4.74. The third-order valence-corrected chi connectivity index (χ3v) is 3.44. The van der Waals surface area contributed by atoms with Crippen molar-refractivity contribution in [1.29, 1.82) is 0 Å². The number of hydrogen-bond donors (Lipinski definition) is 0. The summed E-state index contributed by atoms with van der Waals surface area (Å²) in [7, 11) is 0. The predicted molar refractivity (Wildman–Crippen MR) is 86.9 cm³/mol. The number of allylic oxidation sites excluding steroid dienone is 2. The fourth-order valence-corrected chi connectivity index (χ4v) is 2.05. The van der Waals surface area contributed by atoms with Gasteiger partial charge in [0, 0.05) is 6.08 Å². The molecule has 2 aromatic rings. The Balaban J connectivity index is 2.25. The molecule has 0 fully saturated rings. The molecule has 2 rings (SSSR count). The van der Waals surface area contributed by atoms with Crippen molar-refractivity contribution in [2.24, 2.45) is 0 Å². The first-order valence-corrected chi connectivity index (χ1v) is 6.79. The zero-order valence-corrected chi connectivity index (χ0v) is 12.3. The van der Waals surface area contributed by atoms with Crippen LogP contribution in [0.4, 0.5) is 0 Å². The van der Waals surface area contributed by atoms with Gasteiger partial charge in [-0.25, -0.2) is 4.79 Å². The Morgan fingerprint density at radius 2 is 1.43 bits per heavy atom. The lowest BCUT2D eigenvalue weighted by Crippen LogP contribution is -2.02. The second kappa shape index (κ2) is 6.71. The molecule has 2 heteroatoms. The van der Waals surface area contributed by atoms with E-state index in [-0.39, 0.29) is 0 Å². The Morgan fingerprint density at radius 1 is 0.905 bits per heavy atom. The maximum Gasteiger partial charge on any atom is 0.335 e. The molecule has 0 N–H and O–H groups in total. The molecule has 0 atom stereocenters. The lowest BCUT2D eigenvalue weighted by molar-refractivity contribution is -0.128. The lowest BCUT2D eigenvalue weighted by atomic mass is 9.97. The molecule has 0 radical (unpaired) electrons. The first-order chi connectivity index (χ1) is 10.1. The third kappa shape index (κ3) is 3.69. The standard InChI is InChI=1S/C19H18O2/c1-4-19(20)21-18-12-10-17(11-13-18)15(3)14(2)16-8-6-5-7-9-16/h4-13H,1H2,2-3H3. The van der Waals surface area contributed by atoms with Crippen LogP contribution in [0.5, 0.6) is 5.75 Å². The molecule has 0 spiro atoms. The van der Waals surface area contributed by atoms with Crippen molar-refractivity contribution in [3.8, 4) is 5.75 Å². The van der Waals surface area contributed by atoms with E-state index >= 15 is 0 Å². The minimum Gasteiger partial charge on any atom is -0.423 e. The van der Waals surface area contributed by atoms with Crippen molar-refractivity contribution in [3.63, 3.8) is 0 Å². The van der Waals surface area contributed by atoms with Crippen LogP contribution in [0.15, 0.2) is 67.3 Å². The number of hydrogen-bond acceptors (Lipinski definition) is 2. The number of esters is 1. The van der Waals surface area contributed by atoms with E-state index in [1.807, 2.05) is 30.3 Å². The number of ether oxygens (including phenoxy) is 1. The predicted octanol–water partition coefficient (Wildman–Crippen LogP) is 4.73. The van der Waals surface area contributed by atoms with Gasteiger partial charge in [-0.2, -0.15) is 0 Å². The fourth-order valence-electron chi connectivity index (χ4n) is 2.05. The zero-order valence-electron chi connectivity index (χ0n) is 12.3. The molecule has 0 saturated carbocycles. The first kappa shape index (κ1) is 14.8. The minimum absolute atomic E-state index is 0.449. The summed E-state index contributed by atoms with van der Waals surface area (Å²) < 4.78 is 5.07. The number of rotatable bonds is 4. The molecule has 21 heavy (non-hydrogen) atoms. The molecule has 0 aliphatic heterocycles. The Bertz CT molecular complexity index is 664. The molecule has 0 aliphatic rings. The quantitative estimate of drug-likeness (QED) is 0.350. The molecule has 2 aromatic carbocycles. The largest absolute Gasteiger partial charge is 0.423 e. The fraction of sp³-hybridized carbons (Fsp3) is 0.105. The van der Waals surface area contributed by atoms with Crippen LogP contribution >= 0.6 is 0 Å². The zero-order chi connectivity index (χ0) is 15.2. The topological polar surface area (TPSA) is 26.3 Å². The van der Waals surface area contributed by atoms with E-state index in [2.05, 4.69) is 32.6 Å². The highest BCUT2D eigenvalue weighted by Crippen LogP contribution is 2.26. The van der Waals surface area contributed by atoms with E-state index < -0.39 is 5.97 Å². The highest BCUT2D eigenvalue weighted by molar-refractivity contribution is 5.89. The van der Waals surface area contributed by atoms with Gasteiger partial charge in [0.1, 0.15) is 5.75 Å². The molecule has 106 valence electrons. The smallest absolute Gasteiger partial charge is 0.335 e. The summed E-state index contributed by atoms with van der Waals surface area (Å²) in [5.74, 6) is 0.0734. The Kier molecular flexibility index (Phi) is 4.72. The van der Waals surface area contributed by atoms with Crippen LogP contribution in [0.1, 0.15) is 25.0 Å². The van der Waals surface area contributed by atoms with E-state index in [9.17, 15) is 4.79 Å². The molecule has 2 nitrogen and oxygen atoms in total. The van der Waals surface area contributed by atoms with Crippen LogP contribution in [0, 0.1) is 0 Å². The van der Waals surface area contributed by atoms with Crippen LogP contribution in [-0.4, -0.2) is 5.97 Å². The Morgan fingerprint density at radius 3 is 1.95 bits per heavy atom. The molecule has 0 saturated heterocycles. The molecule has 0 heterocycles. The Hall–Kier alpha value is -2.61. The van der Waals surface area contributed by atoms with E-state index in [4.69, 9.17) is 4.74 Å². The first-order valence-electron chi connectivity index (χ1n) is 6.79. The highest BCUT2D eigenvalue weighted by Gasteiger charge is 2.04. The van der Waals surface area contributed by atoms with Crippen molar-refractivity contribution in [2.45, 2.75) is 13.8 Å². The number of carbonyl (C=O) groups is 1. The van der Waals surface area contributed by atoms with Crippen molar-refractivity contribution >= 4 is 17.1 Å². The third-order valence-electron chi connectivity index (χ3n) is 3.44. The van der Waals surface area contributed by atoms with Gasteiger partial charge in [0.15, 0.2) is 0 Å². The monoisotopic (exact) mass is 278 g/mol. The lowest BCUT2D eigenvalue weighted by Gasteiger charge is -2.09. The maximum atomic E-state index is 11.1. The van der Waals surface area contributed by atoms with Gasteiger partial charge in [-0.15, -0.1) is 0 Å². The van der Waals surface area contributed by atoms with Gasteiger partial charge in [-0.3, -0.25) is 0 Å². The second-order valence-electron chi connectivity index (χ2n) is 4.77. The summed E-state index contributed by atoms with van der Waals surface area (Å²) in [6.07, 6.45) is 1.15. The summed E-state index contributed by atoms with van der Waals surface area (Å²) >= 11 is 0. The van der Waals surface area contributed by atoms with Gasteiger partial charge >= 0.3 is 5.97 Å². The molecular weight excluding hydrogens is 260 g/mol. The number of carbonyl (C=O) groups excluding carboxylic acids is 1. The molecule has 0 bridgehead atoms. The van der Waals surface area contributed by atoms with Crippen LogP contribution in [0.3, 0.4) is 0 Å².